The molecule has 0 spiro atoms. The van der Waals surface area contributed by atoms with Gasteiger partial charge in [0.1, 0.15) is 11.5 Å². The van der Waals surface area contributed by atoms with Gasteiger partial charge in [-0.2, -0.15) is 5.10 Å². The Morgan fingerprint density at radius 1 is 1.40 bits per heavy atom. The summed E-state index contributed by atoms with van der Waals surface area (Å²) in [6.07, 6.45) is 1.63. The van der Waals surface area contributed by atoms with Crippen LogP contribution in [0.1, 0.15) is 30.4 Å². The number of aromatic nitrogens is 2. The molecule has 0 unspecified atom stereocenters. The van der Waals surface area contributed by atoms with Crippen molar-refractivity contribution in [3.05, 3.63) is 46.4 Å². The van der Waals surface area contributed by atoms with E-state index < -0.39 is 0 Å². The van der Waals surface area contributed by atoms with Gasteiger partial charge in [-0.05, 0) is 54.0 Å². The van der Waals surface area contributed by atoms with Crippen molar-refractivity contribution in [3.8, 4) is 0 Å². The largest absolute Gasteiger partial charge is 0.291 e. The van der Waals surface area contributed by atoms with E-state index in [0.717, 1.165) is 4.90 Å². The van der Waals surface area contributed by atoms with Crippen molar-refractivity contribution < 1.29 is 9.18 Å². The second-order valence-corrected chi connectivity index (χ2v) is 6.45. The molecule has 0 bridgehead atoms. The van der Waals surface area contributed by atoms with Crippen LogP contribution in [0.3, 0.4) is 0 Å². The van der Waals surface area contributed by atoms with Crippen molar-refractivity contribution in [1.29, 1.82) is 0 Å². The van der Waals surface area contributed by atoms with E-state index in [1.54, 1.807) is 23.0 Å². The third-order valence-electron chi connectivity index (χ3n) is 2.69. The van der Waals surface area contributed by atoms with Crippen molar-refractivity contribution in [1.82, 2.24) is 9.78 Å². The Hall–Kier alpha value is -1.14. The summed E-state index contributed by atoms with van der Waals surface area (Å²) in [7, 11) is 0. The molecule has 0 fully saturated rings. The minimum atomic E-state index is -0.277. The van der Waals surface area contributed by atoms with E-state index in [1.165, 1.54) is 23.9 Å². The number of nitrogens with zero attached hydrogens (tertiary/aromatic N) is 2. The van der Waals surface area contributed by atoms with E-state index in [1.807, 2.05) is 13.8 Å². The van der Waals surface area contributed by atoms with E-state index in [9.17, 15) is 9.18 Å². The number of rotatable bonds is 5. The van der Waals surface area contributed by atoms with Crippen molar-refractivity contribution in [3.63, 3.8) is 0 Å². The van der Waals surface area contributed by atoms with Crippen molar-refractivity contribution in [2.75, 3.05) is 5.75 Å². The molecule has 1 aromatic carbocycles. The molecule has 0 aliphatic rings. The normalized spacial score (nSPS) is 11.1. The Morgan fingerprint density at radius 2 is 2.05 bits per heavy atom. The highest BCUT2D eigenvalue weighted by Crippen LogP contribution is 2.24. The minimum absolute atomic E-state index is 0.00241. The van der Waals surface area contributed by atoms with E-state index in [0.29, 0.717) is 15.9 Å². The Labute approximate surface area is 129 Å². The van der Waals surface area contributed by atoms with Gasteiger partial charge in [-0.3, -0.25) is 9.48 Å². The Bertz CT molecular complexity index is 610. The topological polar surface area (TPSA) is 34.9 Å². The molecule has 0 saturated heterocycles. The average molecular weight is 357 g/mol. The Balaban J connectivity index is 2.09. The maximum atomic E-state index is 12.8. The fourth-order valence-corrected chi connectivity index (χ4v) is 3.00. The lowest BCUT2D eigenvalue weighted by Gasteiger charge is -2.10. The van der Waals surface area contributed by atoms with E-state index in [-0.39, 0.29) is 17.6 Å². The molecule has 0 atom stereocenters. The number of benzene rings is 1. The monoisotopic (exact) mass is 356 g/mol. The molecule has 1 aromatic heterocycles. The summed E-state index contributed by atoms with van der Waals surface area (Å²) < 4.78 is 15.2. The molecule has 106 valence electrons. The maximum absolute atomic E-state index is 12.8. The zero-order valence-corrected chi connectivity index (χ0v) is 13.5. The first-order valence-corrected chi connectivity index (χ1v) is 7.91. The molecule has 20 heavy (non-hydrogen) atoms. The van der Waals surface area contributed by atoms with Crippen molar-refractivity contribution in [2.24, 2.45) is 0 Å². The van der Waals surface area contributed by atoms with E-state index in [2.05, 4.69) is 21.0 Å². The number of Topliss-reactive ketones (excluding diaryl/α,β-unsaturated/α-hetero) is 1. The van der Waals surface area contributed by atoms with E-state index in [4.69, 9.17) is 0 Å². The predicted molar refractivity (Wildman–Crippen MR) is 81.8 cm³/mol. The van der Waals surface area contributed by atoms with Gasteiger partial charge in [-0.1, -0.05) is 0 Å². The van der Waals surface area contributed by atoms with Gasteiger partial charge in [0.25, 0.3) is 0 Å². The van der Waals surface area contributed by atoms with Crippen LogP contribution in [0.2, 0.25) is 0 Å². The SMILES string of the molecule is CC(C)n1ncc(Br)c1C(=O)CSc1ccc(F)cc1. The molecule has 3 nitrogen and oxygen atoms in total. The standard InChI is InChI=1S/C14H14BrFN2OS/c1-9(2)18-14(12(15)7-17-18)13(19)8-20-11-5-3-10(16)4-6-11/h3-7,9H,8H2,1-2H3. The Morgan fingerprint density at radius 3 is 2.65 bits per heavy atom. The molecule has 2 aromatic rings. The molecule has 1 heterocycles. The lowest BCUT2D eigenvalue weighted by Crippen LogP contribution is -2.14. The smallest absolute Gasteiger partial charge is 0.192 e. The number of ketones is 1. The fourth-order valence-electron chi connectivity index (χ4n) is 1.74. The van der Waals surface area contributed by atoms with Gasteiger partial charge in [-0.25, -0.2) is 4.39 Å². The van der Waals surface area contributed by atoms with Crippen LogP contribution in [0, 0.1) is 5.82 Å². The first-order chi connectivity index (χ1) is 9.49. The molecule has 6 heteroatoms. The zero-order chi connectivity index (χ0) is 14.7. The predicted octanol–water partition coefficient (Wildman–Crippen LogP) is 4.34. The van der Waals surface area contributed by atoms with Crippen molar-refractivity contribution in [2.45, 2.75) is 24.8 Å². The lowest BCUT2D eigenvalue weighted by molar-refractivity contribution is 0.101. The lowest BCUT2D eigenvalue weighted by atomic mass is 10.3. The number of carbonyl (C=O) groups is 1. The fraction of sp³-hybridized carbons (Fsp3) is 0.286. The Kier molecular flexibility index (Phi) is 4.99. The molecule has 0 aliphatic heterocycles. The van der Waals surface area contributed by atoms with Crippen LogP contribution in [-0.2, 0) is 0 Å². The van der Waals surface area contributed by atoms with Crippen LogP contribution in [0.5, 0.6) is 0 Å². The number of thioether (sulfide) groups is 1. The van der Waals surface area contributed by atoms with Crippen LogP contribution < -0.4 is 0 Å². The average Bonchev–Trinajstić information content (AvgIpc) is 2.80. The summed E-state index contributed by atoms with van der Waals surface area (Å²) >= 11 is 4.75. The van der Waals surface area contributed by atoms with Gasteiger partial charge in [0.2, 0.25) is 0 Å². The van der Waals surface area contributed by atoms with Crippen LogP contribution >= 0.6 is 27.7 Å². The number of hydrogen-bond donors (Lipinski definition) is 0. The molecule has 0 amide bonds. The summed E-state index contributed by atoms with van der Waals surface area (Å²) in [6, 6.07) is 6.24. The molecular formula is C14H14BrFN2OS. The van der Waals surface area contributed by atoms with Crippen LogP contribution in [0.25, 0.3) is 0 Å². The van der Waals surface area contributed by atoms with Gasteiger partial charge in [0.05, 0.1) is 16.4 Å². The molecule has 0 N–H and O–H groups in total. The highest BCUT2D eigenvalue weighted by molar-refractivity contribution is 9.10. The number of halogens is 2. The van der Waals surface area contributed by atoms with Crippen LogP contribution in [0.15, 0.2) is 39.8 Å². The van der Waals surface area contributed by atoms with Crippen LogP contribution in [0.4, 0.5) is 4.39 Å². The third-order valence-corrected chi connectivity index (χ3v) is 4.28. The summed E-state index contributed by atoms with van der Waals surface area (Å²) in [6.45, 7) is 3.95. The highest BCUT2D eigenvalue weighted by Gasteiger charge is 2.18. The summed E-state index contributed by atoms with van der Waals surface area (Å²) in [4.78, 5) is 13.2. The van der Waals surface area contributed by atoms with Crippen LogP contribution in [-0.4, -0.2) is 21.3 Å². The first-order valence-electron chi connectivity index (χ1n) is 6.13. The quantitative estimate of drug-likeness (QED) is 0.590. The third kappa shape index (κ3) is 3.49. The zero-order valence-electron chi connectivity index (χ0n) is 11.1. The van der Waals surface area contributed by atoms with Gasteiger partial charge in [0.15, 0.2) is 5.78 Å². The van der Waals surface area contributed by atoms with Crippen molar-refractivity contribution >= 4 is 33.5 Å². The van der Waals surface area contributed by atoms with Gasteiger partial charge >= 0.3 is 0 Å². The van der Waals surface area contributed by atoms with E-state index >= 15 is 0 Å². The first kappa shape index (κ1) is 15.3. The highest BCUT2D eigenvalue weighted by atomic mass is 79.9. The number of carbonyl (C=O) groups excluding carboxylic acids is 1. The second-order valence-electron chi connectivity index (χ2n) is 4.55. The summed E-state index contributed by atoms with van der Waals surface area (Å²) in [5.41, 5.74) is 0.578. The molecule has 2 rings (SSSR count). The summed E-state index contributed by atoms with van der Waals surface area (Å²) in [5.74, 6) is 0.0153. The summed E-state index contributed by atoms with van der Waals surface area (Å²) in [5, 5.41) is 4.19. The molecule has 0 saturated carbocycles. The molecule has 0 aliphatic carbocycles. The number of hydrogen-bond acceptors (Lipinski definition) is 3. The van der Waals surface area contributed by atoms with Gasteiger partial charge in [-0.15, -0.1) is 11.8 Å². The minimum Gasteiger partial charge on any atom is -0.291 e. The van der Waals surface area contributed by atoms with Gasteiger partial charge in [0, 0.05) is 10.9 Å². The molecule has 0 radical (unpaired) electrons. The second kappa shape index (κ2) is 6.54. The maximum Gasteiger partial charge on any atom is 0.192 e. The van der Waals surface area contributed by atoms with Gasteiger partial charge < -0.3 is 0 Å². The molecular weight excluding hydrogens is 343 g/mol.